The van der Waals surface area contributed by atoms with E-state index < -0.39 is 6.29 Å². The summed E-state index contributed by atoms with van der Waals surface area (Å²) >= 11 is 0. The van der Waals surface area contributed by atoms with Crippen LogP contribution in [0.3, 0.4) is 0 Å². The maximum atomic E-state index is 12.5. The monoisotopic (exact) mass is 483 g/mol. The second kappa shape index (κ2) is 10.1. The lowest BCUT2D eigenvalue weighted by Gasteiger charge is -2.28. The van der Waals surface area contributed by atoms with Crippen LogP contribution in [0.2, 0.25) is 0 Å². The number of hydroxylamine groups is 1. The Kier molecular flexibility index (Phi) is 6.36. The summed E-state index contributed by atoms with van der Waals surface area (Å²) in [7, 11) is 0. The zero-order chi connectivity index (χ0) is 24.3. The molecule has 0 saturated carbocycles. The number of nitrogens with zero attached hydrogens (tertiary/aromatic N) is 4. The topological polar surface area (TPSA) is 81.5 Å². The van der Waals surface area contributed by atoms with Gasteiger partial charge in [-0.2, -0.15) is 0 Å². The van der Waals surface area contributed by atoms with Crippen molar-refractivity contribution in [2.45, 2.75) is 45.1 Å². The van der Waals surface area contributed by atoms with Gasteiger partial charge in [0.2, 0.25) is 5.95 Å². The van der Waals surface area contributed by atoms with E-state index in [9.17, 15) is 4.79 Å². The van der Waals surface area contributed by atoms with Gasteiger partial charge in [-0.1, -0.05) is 48.5 Å². The number of para-hydroxylation sites is 1. The molecule has 8 nitrogen and oxygen atoms in total. The molecule has 1 saturated heterocycles. The van der Waals surface area contributed by atoms with E-state index in [2.05, 4.69) is 73.4 Å². The van der Waals surface area contributed by atoms with Crippen LogP contribution in [0.5, 0.6) is 0 Å². The highest BCUT2D eigenvalue weighted by Crippen LogP contribution is 2.32. The van der Waals surface area contributed by atoms with Crippen molar-refractivity contribution in [3.8, 4) is 0 Å². The first-order valence-corrected chi connectivity index (χ1v) is 12.5. The third-order valence-electron chi connectivity index (χ3n) is 6.95. The number of benzene rings is 2. The van der Waals surface area contributed by atoms with Crippen LogP contribution in [-0.4, -0.2) is 39.9 Å². The number of hydrogen-bond donors (Lipinski definition) is 1. The predicted octanol–water partition coefficient (Wildman–Crippen LogP) is 4.23. The summed E-state index contributed by atoms with van der Waals surface area (Å²) in [5, 5.41) is 1.32. The maximum Gasteiger partial charge on any atom is 0.278 e. The number of hydrogen-bond acceptors (Lipinski definition) is 6. The van der Waals surface area contributed by atoms with Crippen molar-refractivity contribution in [3.63, 3.8) is 0 Å². The highest BCUT2D eigenvalue weighted by atomic mass is 16.8. The van der Waals surface area contributed by atoms with Gasteiger partial charge in [0.15, 0.2) is 6.29 Å². The van der Waals surface area contributed by atoms with Crippen LogP contribution in [0.25, 0.3) is 10.9 Å². The van der Waals surface area contributed by atoms with E-state index in [1.807, 2.05) is 6.07 Å². The summed E-state index contributed by atoms with van der Waals surface area (Å²) in [6.45, 7) is 3.00. The van der Waals surface area contributed by atoms with E-state index in [-0.39, 0.29) is 5.91 Å². The third kappa shape index (κ3) is 4.57. The number of anilines is 1. The highest BCUT2D eigenvalue weighted by Gasteiger charge is 2.25. The smallest absolute Gasteiger partial charge is 0.278 e. The van der Waals surface area contributed by atoms with Gasteiger partial charge >= 0.3 is 0 Å². The van der Waals surface area contributed by atoms with Crippen molar-refractivity contribution in [2.75, 3.05) is 18.1 Å². The number of aromatic nitrogens is 3. The lowest BCUT2D eigenvalue weighted by Crippen LogP contribution is -2.34. The minimum Gasteiger partial charge on any atom is -0.350 e. The molecule has 0 spiro atoms. The molecule has 0 bridgehead atoms. The van der Waals surface area contributed by atoms with Gasteiger partial charge in [0, 0.05) is 55.1 Å². The molecule has 1 atom stereocenters. The first kappa shape index (κ1) is 22.7. The number of amides is 1. The van der Waals surface area contributed by atoms with E-state index in [1.54, 1.807) is 12.4 Å². The number of ether oxygens (including phenoxy) is 1. The lowest BCUT2D eigenvalue weighted by atomic mass is 10.0. The van der Waals surface area contributed by atoms with Crippen LogP contribution in [0.1, 0.15) is 46.4 Å². The number of fused-ring (bicyclic) bond motifs is 3. The van der Waals surface area contributed by atoms with Crippen LogP contribution in [-0.2, 0) is 29.1 Å². The summed E-state index contributed by atoms with van der Waals surface area (Å²) in [5.41, 5.74) is 8.03. The van der Waals surface area contributed by atoms with Crippen molar-refractivity contribution in [2.24, 2.45) is 0 Å². The molecule has 8 heteroatoms. The Labute approximate surface area is 209 Å². The molecular formula is C28H29N5O3. The summed E-state index contributed by atoms with van der Waals surface area (Å²) < 4.78 is 7.90. The minimum atomic E-state index is -0.395. The number of carbonyl (C=O) groups is 1. The Morgan fingerprint density at radius 1 is 1.06 bits per heavy atom. The first-order valence-electron chi connectivity index (χ1n) is 12.5. The van der Waals surface area contributed by atoms with Crippen LogP contribution < -0.4 is 10.4 Å². The van der Waals surface area contributed by atoms with E-state index in [4.69, 9.17) is 9.57 Å². The molecule has 1 N–H and O–H groups in total. The molecule has 2 aromatic carbocycles. The Balaban J connectivity index is 1.20. The number of nitrogens with one attached hydrogen (secondary N) is 1. The standard InChI is InChI=1S/C28H29N5O3/c34-27(31-36-26-12-6-7-15-35-26)21-16-29-28(30-17-21)32-14-13-23-22-10-4-5-11-24(22)33(25(23)19-32)18-20-8-2-1-3-9-20/h1-5,8-11,16-17,26H,6-7,12-15,18-19H2,(H,31,34). The lowest BCUT2D eigenvalue weighted by molar-refractivity contribution is -0.186. The SMILES string of the molecule is O=C(NOC1CCCCO1)c1cnc(N2CCc3c(n(Cc4ccccc4)c4ccccc34)C2)nc1. The predicted molar refractivity (Wildman–Crippen MR) is 136 cm³/mol. The van der Waals surface area contributed by atoms with Gasteiger partial charge in [-0.15, -0.1) is 0 Å². The summed E-state index contributed by atoms with van der Waals surface area (Å²) in [6, 6.07) is 19.2. The Hall–Kier alpha value is -3.75. The maximum absolute atomic E-state index is 12.5. The van der Waals surface area contributed by atoms with E-state index in [0.29, 0.717) is 24.7 Å². The Morgan fingerprint density at radius 3 is 2.67 bits per heavy atom. The fraction of sp³-hybridized carbons (Fsp3) is 0.321. The van der Waals surface area contributed by atoms with Crippen molar-refractivity contribution in [1.82, 2.24) is 20.0 Å². The van der Waals surface area contributed by atoms with Crippen LogP contribution in [0.15, 0.2) is 67.0 Å². The Morgan fingerprint density at radius 2 is 1.86 bits per heavy atom. The fourth-order valence-corrected chi connectivity index (χ4v) is 5.10. The minimum absolute atomic E-state index is 0.352. The van der Waals surface area contributed by atoms with Gasteiger partial charge in [0.05, 0.1) is 12.1 Å². The number of carbonyl (C=O) groups excluding carboxylic acids is 1. The molecule has 2 aliphatic rings. The quantitative estimate of drug-likeness (QED) is 0.414. The van der Waals surface area contributed by atoms with Crippen LogP contribution in [0, 0.1) is 0 Å². The van der Waals surface area contributed by atoms with Crippen molar-refractivity contribution >= 4 is 22.8 Å². The van der Waals surface area contributed by atoms with Gasteiger partial charge in [-0.3, -0.25) is 4.79 Å². The van der Waals surface area contributed by atoms with E-state index in [1.165, 1.54) is 27.7 Å². The molecule has 2 aromatic heterocycles. The van der Waals surface area contributed by atoms with Gasteiger partial charge < -0.3 is 14.2 Å². The highest BCUT2D eigenvalue weighted by molar-refractivity contribution is 5.93. The summed E-state index contributed by atoms with van der Waals surface area (Å²) in [6.07, 6.45) is 6.45. The van der Waals surface area contributed by atoms with Crippen LogP contribution >= 0.6 is 0 Å². The number of rotatable bonds is 6. The normalized spacial score (nSPS) is 17.7. The molecule has 1 unspecified atom stereocenters. The average Bonchev–Trinajstić information content (AvgIpc) is 3.26. The molecule has 184 valence electrons. The third-order valence-corrected chi connectivity index (χ3v) is 6.95. The second-order valence-electron chi connectivity index (χ2n) is 9.30. The van der Waals surface area contributed by atoms with Crippen molar-refractivity contribution < 1.29 is 14.4 Å². The summed E-state index contributed by atoms with van der Waals surface area (Å²) in [5.74, 6) is 0.241. The molecule has 4 heterocycles. The second-order valence-corrected chi connectivity index (χ2v) is 9.30. The van der Waals surface area contributed by atoms with Crippen molar-refractivity contribution in [1.29, 1.82) is 0 Å². The molecule has 1 fully saturated rings. The van der Waals surface area contributed by atoms with Gasteiger partial charge in [-0.25, -0.2) is 20.3 Å². The fourth-order valence-electron chi connectivity index (χ4n) is 5.10. The molecule has 0 radical (unpaired) electrons. The molecule has 1 amide bonds. The Bertz CT molecular complexity index is 1350. The van der Waals surface area contributed by atoms with Gasteiger partial charge in [0.25, 0.3) is 5.91 Å². The molecule has 4 aromatic rings. The zero-order valence-corrected chi connectivity index (χ0v) is 20.1. The van der Waals surface area contributed by atoms with E-state index in [0.717, 1.165) is 38.8 Å². The molecule has 36 heavy (non-hydrogen) atoms. The molecule has 0 aliphatic carbocycles. The molecule has 6 rings (SSSR count). The van der Waals surface area contributed by atoms with Gasteiger partial charge in [0.1, 0.15) is 0 Å². The van der Waals surface area contributed by atoms with Crippen molar-refractivity contribution in [3.05, 3.63) is 89.4 Å². The average molecular weight is 484 g/mol. The molecular weight excluding hydrogens is 454 g/mol. The first-order chi connectivity index (χ1) is 17.8. The zero-order valence-electron chi connectivity index (χ0n) is 20.1. The summed E-state index contributed by atoms with van der Waals surface area (Å²) in [4.78, 5) is 29.1. The van der Waals surface area contributed by atoms with Gasteiger partial charge in [-0.05, 0) is 36.5 Å². The molecule has 2 aliphatic heterocycles. The van der Waals surface area contributed by atoms with Crippen LogP contribution in [0.4, 0.5) is 5.95 Å². The van der Waals surface area contributed by atoms with E-state index >= 15 is 0 Å². The largest absolute Gasteiger partial charge is 0.350 e.